The number of carbonyl (C=O) groups excluding carboxylic acids is 1. The van der Waals surface area contributed by atoms with Crippen LogP contribution in [-0.4, -0.2) is 55.6 Å². The zero-order valence-corrected chi connectivity index (χ0v) is 12.6. The molecule has 2 N–H and O–H groups in total. The van der Waals surface area contributed by atoms with Gasteiger partial charge in [0, 0.05) is 24.5 Å². The molecule has 3 rings (SSSR count). The van der Waals surface area contributed by atoms with E-state index in [-0.39, 0.29) is 18.9 Å². The predicted octanol–water partition coefficient (Wildman–Crippen LogP) is 0.988. The van der Waals surface area contributed by atoms with Crippen molar-refractivity contribution in [3.8, 4) is 0 Å². The second-order valence-corrected chi connectivity index (χ2v) is 5.70. The van der Waals surface area contributed by atoms with Crippen LogP contribution in [0.4, 0.5) is 0 Å². The summed E-state index contributed by atoms with van der Waals surface area (Å²) in [5, 5.41) is 19.7. The van der Waals surface area contributed by atoms with Crippen molar-refractivity contribution < 1.29 is 19.8 Å². The molecule has 0 bridgehead atoms. The van der Waals surface area contributed by atoms with Crippen LogP contribution in [0, 0.1) is 6.92 Å². The van der Waals surface area contributed by atoms with E-state index in [2.05, 4.69) is 9.97 Å². The molecule has 7 heteroatoms. The minimum atomic E-state index is -1.11. The molecule has 0 radical (unpaired) electrons. The molecule has 1 aliphatic heterocycles. The van der Waals surface area contributed by atoms with E-state index in [0.29, 0.717) is 23.3 Å². The van der Waals surface area contributed by atoms with Gasteiger partial charge < -0.3 is 15.1 Å². The van der Waals surface area contributed by atoms with Gasteiger partial charge in [0.2, 0.25) is 0 Å². The van der Waals surface area contributed by atoms with Gasteiger partial charge in [-0.3, -0.25) is 4.79 Å². The molecule has 1 fully saturated rings. The van der Waals surface area contributed by atoms with Gasteiger partial charge in [-0.1, -0.05) is 0 Å². The second-order valence-electron chi connectivity index (χ2n) is 5.70. The van der Waals surface area contributed by atoms with Crippen LogP contribution in [0.2, 0.25) is 0 Å². The highest BCUT2D eigenvalue weighted by atomic mass is 16.4. The van der Waals surface area contributed by atoms with E-state index >= 15 is 0 Å². The molecular formula is C16H17N3O4. The standard InChI is InChI=1S/C16H17N3O4/c1-9-12(7-10-3-2-5-17-14(10)18-9)15(21)19-6-4-11(20)8-13(19)16(22)23/h2-3,5,7,11,13,20H,4,6,8H2,1H3,(H,22,23)/t11-,13+/m0/s1. The quantitative estimate of drug-likeness (QED) is 0.856. The van der Waals surface area contributed by atoms with Gasteiger partial charge in [0.25, 0.3) is 5.91 Å². The van der Waals surface area contributed by atoms with Crippen LogP contribution < -0.4 is 0 Å². The largest absolute Gasteiger partial charge is 0.480 e. The fourth-order valence-corrected chi connectivity index (χ4v) is 2.89. The zero-order valence-electron chi connectivity index (χ0n) is 12.6. The van der Waals surface area contributed by atoms with Crippen LogP contribution in [0.3, 0.4) is 0 Å². The molecule has 0 saturated carbocycles. The summed E-state index contributed by atoms with van der Waals surface area (Å²) in [5.74, 6) is -1.48. The van der Waals surface area contributed by atoms with Gasteiger partial charge in [0.1, 0.15) is 6.04 Å². The summed E-state index contributed by atoms with van der Waals surface area (Å²) in [6.45, 7) is 1.91. The normalized spacial score (nSPS) is 21.4. The van der Waals surface area contributed by atoms with Crippen molar-refractivity contribution in [1.29, 1.82) is 0 Å². The van der Waals surface area contributed by atoms with E-state index in [0.717, 1.165) is 5.39 Å². The molecule has 1 saturated heterocycles. The molecule has 120 valence electrons. The van der Waals surface area contributed by atoms with E-state index in [1.54, 1.807) is 31.3 Å². The molecular weight excluding hydrogens is 298 g/mol. The number of aliphatic carboxylic acids is 1. The third-order valence-electron chi connectivity index (χ3n) is 4.13. The van der Waals surface area contributed by atoms with Crippen LogP contribution in [0.5, 0.6) is 0 Å². The van der Waals surface area contributed by atoms with Crippen LogP contribution in [0.15, 0.2) is 24.4 Å². The number of nitrogens with zero attached hydrogens (tertiary/aromatic N) is 3. The number of fused-ring (bicyclic) bond motifs is 1. The molecule has 23 heavy (non-hydrogen) atoms. The molecule has 7 nitrogen and oxygen atoms in total. The fraction of sp³-hybridized carbons (Fsp3) is 0.375. The summed E-state index contributed by atoms with van der Waals surface area (Å²) in [4.78, 5) is 34.0. The van der Waals surface area contributed by atoms with Crippen molar-refractivity contribution in [2.24, 2.45) is 0 Å². The van der Waals surface area contributed by atoms with Crippen molar-refractivity contribution >= 4 is 22.9 Å². The fourth-order valence-electron chi connectivity index (χ4n) is 2.89. The number of carboxylic acids is 1. The number of hydrogen-bond donors (Lipinski definition) is 2. The average Bonchev–Trinajstić information content (AvgIpc) is 2.53. The maximum absolute atomic E-state index is 12.8. The molecule has 3 heterocycles. The minimum absolute atomic E-state index is 0.0443. The molecule has 2 atom stereocenters. The second kappa shape index (κ2) is 5.92. The minimum Gasteiger partial charge on any atom is -0.480 e. The summed E-state index contributed by atoms with van der Waals surface area (Å²) in [6.07, 6.45) is 1.35. The summed E-state index contributed by atoms with van der Waals surface area (Å²) < 4.78 is 0. The maximum atomic E-state index is 12.8. The number of carbonyl (C=O) groups is 2. The summed E-state index contributed by atoms with van der Waals surface area (Å²) in [5.41, 5.74) is 1.43. The van der Waals surface area contributed by atoms with Crippen LogP contribution >= 0.6 is 0 Å². The van der Waals surface area contributed by atoms with E-state index < -0.39 is 18.1 Å². The third kappa shape index (κ3) is 2.87. The van der Waals surface area contributed by atoms with Gasteiger partial charge in [-0.15, -0.1) is 0 Å². The van der Waals surface area contributed by atoms with Crippen molar-refractivity contribution in [2.45, 2.75) is 31.9 Å². The lowest BCUT2D eigenvalue weighted by Crippen LogP contribution is -2.51. The Hall–Kier alpha value is -2.54. The highest BCUT2D eigenvalue weighted by Crippen LogP contribution is 2.23. The number of likely N-dealkylation sites (tertiary alicyclic amines) is 1. The van der Waals surface area contributed by atoms with Crippen molar-refractivity contribution in [2.75, 3.05) is 6.54 Å². The van der Waals surface area contributed by atoms with Gasteiger partial charge in [-0.2, -0.15) is 0 Å². The number of carboxylic acid groups (broad SMARTS) is 1. The smallest absolute Gasteiger partial charge is 0.326 e. The number of aliphatic hydroxyl groups is 1. The molecule has 0 unspecified atom stereocenters. The number of rotatable bonds is 2. The summed E-state index contributed by atoms with van der Waals surface area (Å²) in [7, 11) is 0. The number of aromatic nitrogens is 2. The number of hydrogen-bond acceptors (Lipinski definition) is 5. The first-order valence-electron chi connectivity index (χ1n) is 7.41. The van der Waals surface area contributed by atoms with Gasteiger partial charge in [0.05, 0.1) is 17.4 Å². The van der Waals surface area contributed by atoms with Gasteiger partial charge >= 0.3 is 5.97 Å². The Balaban J connectivity index is 1.98. The predicted molar refractivity (Wildman–Crippen MR) is 82.0 cm³/mol. The molecule has 2 aromatic rings. The first kappa shape index (κ1) is 15.4. The monoisotopic (exact) mass is 315 g/mol. The van der Waals surface area contributed by atoms with Crippen LogP contribution in [0.1, 0.15) is 28.9 Å². The van der Waals surface area contributed by atoms with Crippen molar-refractivity contribution in [1.82, 2.24) is 14.9 Å². The van der Waals surface area contributed by atoms with Crippen LogP contribution in [0.25, 0.3) is 11.0 Å². The molecule has 0 aliphatic carbocycles. The molecule has 0 spiro atoms. The Labute approximate surface area is 132 Å². The Morgan fingerprint density at radius 2 is 2.17 bits per heavy atom. The van der Waals surface area contributed by atoms with Gasteiger partial charge in [-0.05, 0) is 31.5 Å². The Bertz CT molecular complexity index is 777. The molecule has 0 aromatic carbocycles. The first-order chi connectivity index (χ1) is 11.0. The number of piperidine rings is 1. The lowest BCUT2D eigenvalue weighted by Gasteiger charge is -2.35. The van der Waals surface area contributed by atoms with Crippen LogP contribution in [-0.2, 0) is 4.79 Å². The maximum Gasteiger partial charge on any atom is 0.326 e. The van der Waals surface area contributed by atoms with Gasteiger partial charge in [-0.25, -0.2) is 14.8 Å². The van der Waals surface area contributed by atoms with Crippen molar-refractivity contribution in [3.63, 3.8) is 0 Å². The number of aryl methyl sites for hydroxylation is 1. The topological polar surface area (TPSA) is 104 Å². The third-order valence-corrected chi connectivity index (χ3v) is 4.13. The van der Waals surface area contributed by atoms with Crippen molar-refractivity contribution in [3.05, 3.63) is 35.7 Å². The highest BCUT2D eigenvalue weighted by molar-refractivity contribution is 6.00. The van der Waals surface area contributed by atoms with E-state index in [1.165, 1.54) is 4.90 Å². The average molecular weight is 315 g/mol. The van der Waals surface area contributed by atoms with Gasteiger partial charge in [0.15, 0.2) is 5.65 Å². The lowest BCUT2D eigenvalue weighted by atomic mass is 9.98. The molecule has 2 aromatic heterocycles. The number of pyridine rings is 2. The highest BCUT2D eigenvalue weighted by Gasteiger charge is 2.36. The first-order valence-corrected chi connectivity index (χ1v) is 7.41. The summed E-state index contributed by atoms with van der Waals surface area (Å²) in [6, 6.07) is 4.23. The van der Waals surface area contributed by atoms with E-state index in [9.17, 15) is 19.8 Å². The zero-order chi connectivity index (χ0) is 16.6. The Morgan fingerprint density at radius 3 is 2.91 bits per heavy atom. The SMILES string of the molecule is Cc1nc2ncccc2cc1C(=O)N1CC[C@H](O)C[C@@H]1C(=O)O. The number of aliphatic hydroxyl groups excluding tert-OH is 1. The lowest BCUT2D eigenvalue weighted by molar-refractivity contribution is -0.145. The number of amides is 1. The molecule has 1 amide bonds. The van der Waals surface area contributed by atoms with E-state index in [4.69, 9.17) is 0 Å². The van der Waals surface area contributed by atoms with E-state index in [1.807, 2.05) is 0 Å². The Kier molecular flexibility index (Phi) is 3.96. The Morgan fingerprint density at radius 1 is 1.39 bits per heavy atom. The molecule has 1 aliphatic rings. The summed E-state index contributed by atoms with van der Waals surface area (Å²) >= 11 is 0.